The minimum absolute atomic E-state index is 0.409. The van der Waals surface area contributed by atoms with Gasteiger partial charge in [-0.3, -0.25) is 5.32 Å². The van der Waals surface area contributed by atoms with E-state index >= 15 is 0 Å². The molecule has 0 saturated heterocycles. The largest absolute Gasteiger partial charge is 0.497 e. The van der Waals surface area contributed by atoms with Crippen molar-refractivity contribution in [3.63, 3.8) is 0 Å². The molecule has 0 radical (unpaired) electrons. The fraction of sp³-hybridized carbons (Fsp3) is 0.0714. The summed E-state index contributed by atoms with van der Waals surface area (Å²) in [7, 11) is 1.55. The van der Waals surface area contributed by atoms with Crippen molar-refractivity contribution in [3.05, 3.63) is 53.4 Å². The molecule has 0 aliphatic rings. The maximum atomic E-state index is 11.1. The number of nitroso groups, excluding NO2 is 1. The summed E-state index contributed by atoms with van der Waals surface area (Å²) in [5, 5.41) is 15.0. The number of carboxylic acid groups (broad SMARTS) is 1. The molecule has 108 valence electrons. The summed E-state index contributed by atoms with van der Waals surface area (Å²) in [6.07, 6.45) is -1.15. The van der Waals surface area contributed by atoms with Crippen LogP contribution in [0.3, 0.4) is 0 Å². The number of rotatable bonds is 5. The van der Waals surface area contributed by atoms with Gasteiger partial charge in [0, 0.05) is 5.69 Å². The van der Waals surface area contributed by atoms with E-state index in [-0.39, 0.29) is 0 Å². The second kappa shape index (κ2) is 6.38. The molecule has 21 heavy (non-hydrogen) atoms. The predicted molar refractivity (Wildman–Crippen MR) is 79.0 cm³/mol. The molecule has 2 N–H and O–H groups in total. The van der Waals surface area contributed by atoms with E-state index in [4.69, 9.17) is 9.84 Å². The zero-order valence-corrected chi connectivity index (χ0v) is 11.2. The maximum absolute atomic E-state index is 11.1. The zero-order chi connectivity index (χ0) is 15.2. The van der Waals surface area contributed by atoms with Crippen LogP contribution < -0.4 is 15.1 Å². The number of benzene rings is 2. The minimum atomic E-state index is -1.15. The van der Waals surface area contributed by atoms with Gasteiger partial charge in [0.15, 0.2) is 0 Å². The summed E-state index contributed by atoms with van der Waals surface area (Å²) in [6, 6.07) is 13.1. The minimum Gasteiger partial charge on any atom is -0.497 e. The number of amides is 1. The van der Waals surface area contributed by atoms with Crippen molar-refractivity contribution in [2.75, 3.05) is 17.4 Å². The maximum Gasteiger partial charge on any atom is 0.409 e. The average molecular weight is 287 g/mol. The van der Waals surface area contributed by atoms with Crippen LogP contribution in [0.15, 0.2) is 53.8 Å². The van der Waals surface area contributed by atoms with E-state index in [0.29, 0.717) is 22.8 Å². The molecule has 0 bridgehead atoms. The third kappa shape index (κ3) is 3.47. The molecule has 1 amide bonds. The molecule has 0 aliphatic carbocycles. The van der Waals surface area contributed by atoms with E-state index in [2.05, 4.69) is 10.6 Å². The molecule has 2 aromatic rings. The first kappa shape index (κ1) is 14.3. The highest BCUT2D eigenvalue weighted by Crippen LogP contribution is 2.28. The molecule has 0 fully saturated rings. The first-order valence-electron chi connectivity index (χ1n) is 6.01. The number of nitrogens with zero attached hydrogens (tertiary/aromatic N) is 2. The zero-order valence-electron chi connectivity index (χ0n) is 11.2. The lowest BCUT2D eigenvalue weighted by molar-refractivity contribution is 0.210. The van der Waals surface area contributed by atoms with Crippen LogP contribution in [0, 0.1) is 4.91 Å². The van der Waals surface area contributed by atoms with Gasteiger partial charge >= 0.3 is 6.09 Å². The normalized spacial score (nSPS) is 9.76. The molecule has 0 unspecified atom stereocenters. The number of methoxy groups -OCH3 is 1. The van der Waals surface area contributed by atoms with Gasteiger partial charge in [0.25, 0.3) is 0 Å². The second-order valence-electron chi connectivity index (χ2n) is 4.07. The second-order valence-corrected chi connectivity index (χ2v) is 4.07. The molecule has 0 atom stereocenters. The van der Waals surface area contributed by atoms with Crippen LogP contribution in [0.4, 0.5) is 21.9 Å². The molecule has 0 heterocycles. The Hall–Kier alpha value is -3.09. The van der Waals surface area contributed by atoms with Crippen LogP contribution in [0.5, 0.6) is 5.75 Å². The van der Waals surface area contributed by atoms with Gasteiger partial charge in [-0.25, -0.2) is 4.79 Å². The topological polar surface area (TPSA) is 91.2 Å². The summed E-state index contributed by atoms with van der Waals surface area (Å²) in [5.74, 6) is 0.672. The van der Waals surface area contributed by atoms with Crippen molar-refractivity contribution in [1.29, 1.82) is 0 Å². The Kier molecular flexibility index (Phi) is 4.35. The molecule has 7 heteroatoms. The number of ether oxygens (including phenoxy) is 1. The molecule has 2 rings (SSSR count). The first-order chi connectivity index (χ1) is 10.1. The fourth-order valence-corrected chi connectivity index (χ4v) is 1.78. The molecule has 0 aromatic heterocycles. The van der Waals surface area contributed by atoms with Crippen LogP contribution in [0.25, 0.3) is 0 Å². The molecule has 7 nitrogen and oxygen atoms in total. The SMILES string of the molecule is COc1ccc(N(N=O)c2ccc(NC(=O)O)cc2)cc1. The Morgan fingerprint density at radius 2 is 1.62 bits per heavy atom. The molecule has 0 spiro atoms. The molecule has 0 saturated carbocycles. The van der Waals surface area contributed by atoms with Crippen LogP contribution in [0.2, 0.25) is 0 Å². The summed E-state index contributed by atoms with van der Waals surface area (Å²) >= 11 is 0. The lowest BCUT2D eigenvalue weighted by atomic mass is 10.2. The Balaban J connectivity index is 2.23. The van der Waals surface area contributed by atoms with Crippen molar-refractivity contribution in [1.82, 2.24) is 0 Å². The highest BCUT2D eigenvalue weighted by atomic mass is 16.5. The van der Waals surface area contributed by atoms with Crippen LogP contribution in [0.1, 0.15) is 0 Å². The molecule has 2 aromatic carbocycles. The van der Waals surface area contributed by atoms with Gasteiger partial charge in [0.2, 0.25) is 0 Å². The highest BCUT2D eigenvalue weighted by Gasteiger charge is 2.10. The highest BCUT2D eigenvalue weighted by molar-refractivity contribution is 5.83. The van der Waals surface area contributed by atoms with Gasteiger partial charge < -0.3 is 9.84 Å². The third-order valence-electron chi connectivity index (χ3n) is 2.76. The van der Waals surface area contributed by atoms with Crippen LogP contribution >= 0.6 is 0 Å². The van der Waals surface area contributed by atoms with Gasteiger partial charge in [-0.1, -0.05) is 0 Å². The van der Waals surface area contributed by atoms with Gasteiger partial charge in [0.05, 0.1) is 23.8 Å². The van der Waals surface area contributed by atoms with Crippen molar-refractivity contribution < 1.29 is 14.6 Å². The summed E-state index contributed by atoms with van der Waals surface area (Å²) in [5.41, 5.74) is 1.50. The standard InChI is InChI=1S/C14H13N3O4/c1-21-13-8-6-12(7-9-13)17(16-20)11-4-2-10(3-5-11)15-14(18)19/h2-9,15H,1H3,(H,18,19). The van der Waals surface area contributed by atoms with E-state index in [9.17, 15) is 9.70 Å². The van der Waals surface area contributed by atoms with E-state index in [1.165, 1.54) is 5.01 Å². The Morgan fingerprint density at radius 1 is 1.10 bits per heavy atom. The fourth-order valence-electron chi connectivity index (χ4n) is 1.78. The lowest BCUT2D eigenvalue weighted by Gasteiger charge is -2.16. The van der Waals surface area contributed by atoms with Crippen molar-refractivity contribution in [2.24, 2.45) is 5.29 Å². The third-order valence-corrected chi connectivity index (χ3v) is 2.76. The molecular formula is C14H13N3O4. The van der Waals surface area contributed by atoms with Crippen LogP contribution in [-0.4, -0.2) is 18.3 Å². The number of carbonyl (C=O) groups is 1. The first-order valence-corrected chi connectivity index (χ1v) is 6.01. The Morgan fingerprint density at radius 3 is 2.05 bits per heavy atom. The monoisotopic (exact) mass is 287 g/mol. The predicted octanol–water partition coefficient (Wildman–Crippen LogP) is 3.60. The Labute approximate surface area is 120 Å². The Bertz CT molecular complexity index is 626. The van der Waals surface area contributed by atoms with Gasteiger partial charge in [-0.05, 0) is 48.5 Å². The van der Waals surface area contributed by atoms with Gasteiger partial charge in [-0.15, -0.1) is 4.91 Å². The van der Waals surface area contributed by atoms with Gasteiger partial charge in [-0.2, -0.15) is 5.01 Å². The van der Waals surface area contributed by atoms with Gasteiger partial charge in [0.1, 0.15) is 5.75 Å². The summed E-state index contributed by atoms with van der Waals surface area (Å²) in [4.78, 5) is 21.6. The summed E-state index contributed by atoms with van der Waals surface area (Å²) in [6.45, 7) is 0. The summed E-state index contributed by atoms with van der Waals surface area (Å²) < 4.78 is 5.05. The lowest BCUT2D eigenvalue weighted by Crippen LogP contribution is -2.09. The quantitative estimate of drug-likeness (QED) is 0.647. The van der Waals surface area contributed by atoms with Crippen LogP contribution in [-0.2, 0) is 0 Å². The number of anilines is 3. The molecular weight excluding hydrogens is 274 g/mol. The van der Waals surface area contributed by atoms with Crippen molar-refractivity contribution in [3.8, 4) is 5.75 Å². The van der Waals surface area contributed by atoms with E-state index in [1.54, 1.807) is 55.6 Å². The smallest absolute Gasteiger partial charge is 0.409 e. The van der Waals surface area contributed by atoms with E-state index in [1.807, 2.05) is 0 Å². The average Bonchev–Trinajstić information content (AvgIpc) is 2.50. The van der Waals surface area contributed by atoms with Crippen molar-refractivity contribution in [2.45, 2.75) is 0 Å². The number of hydrogen-bond donors (Lipinski definition) is 2. The number of hydrogen-bond acceptors (Lipinski definition) is 4. The van der Waals surface area contributed by atoms with E-state index < -0.39 is 6.09 Å². The van der Waals surface area contributed by atoms with E-state index in [0.717, 1.165) is 0 Å². The van der Waals surface area contributed by atoms with Crippen molar-refractivity contribution >= 4 is 23.2 Å². The molecule has 0 aliphatic heterocycles. The number of nitrogens with one attached hydrogen (secondary N) is 1.